The Hall–Kier alpha value is -2.36. The molecule has 2 aromatic heterocycles. The molecule has 17 heavy (non-hydrogen) atoms. The molecule has 0 radical (unpaired) electrons. The van der Waals surface area contributed by atoms with Gasteiger partial charge in [0.2, 0.25) is 0 Å². The first kappa shape index (κ1) is 11.1. The fraction of sp³-hybridized carbons (Fsp3) is 0.0769. The first-order chi connectivity index (χ1) is 8.24. The zero-order valence-corrected chi connectivity index (χ0v) is 9.44. The maximum atomic E-state index is 11.5. The topological polar surface area (TPSA) is 56.4 Å². The van der Waals surface area contributed by atoms with Crippen LogP contribution in [-0.4, -0.2) is 5.91 Å². The maximum absolute atomic E-state index is 11.5. The van der Waals surface area contributed by atoms with Gasteiger partial charge in [0.05, 0.1) is 12.5 Å². The molecule has 2 heterocycles. The lowest BCUT2D eigenvalue weighted by molar-refractivity contribution is -0.361. The number of nitrogens with one attached hydrogen (secondary N) is 2. The lowest BCUT2D eigenvalue weighted by atomic mass is 10.3. The fourth-order valence-electron chi connectivity index (χ4n) is 1.30. The molecular formula is C13H13N2O2+. The third-order valence-electron chi connectivity index (χ3n) is 2.17. The summed E-state index contributed by atoms with van der Waals surface area (Å²) in [7, 11) is 0. The molecule has 2 N–H and O–H groups in total. The minimum Gasteiger partial charge on any atom is -0.465 e. The number of carbonyl (C=O) groups excluding carboxylic acids is 1. The number of hydrogen-bond acceptors (Lipinski definition) is 2. The van der Waals surface area contributed by atoms with Crippen LogP contribution < -0.4 is 10.3 Å². The van der Waals surface area contributed by atoms with Crippen LogP contribution in [0.15, 0.2) is 47.2 Å². The minimum absolute atomic E-state index is 0.207. The maximum Gasteiger partial charge on any atom is 0.331 e. The van der Waals surface area contributed by atoms with E-state index >= 15 is 0 Å². The van der Waals surface area contributed by atoms with Crippen molar-refractivity contribution in [2.75, 3.05) is 5.32 Å². The quantitative estimate of drug-likeness (QED) is 0.819. The predicted molar refractivity (Wildman–Crippen MR) is 64.1 cm³/mol. The molecule has 0 atom stereocenters. The van der Waals surface area contributed by atoms with Gasteiger partial charge in [-0.3, -0.25) is 0 Å². The number of aromatic amines is 1. The molecule has 0 bridgehead atoms. The number of amides is 1. The number of aromatic nitrogens is 1. The standard InChI is InChI=1S/C13H12N2O2/c1-10-4-6-12(14-9-10)15-13(16)7-5-11-3-2-8-17-11/h2-9H,1H3,(H,14,15,16)/p+1. The molecule has 0 saturated carbocycles. The molecule has 0 aliphatic heterocycles. The van der Waals surface area contributed by atoms with Gasteiger partial charge in [-0.25, -0.2) is 15.1 Å². The second-order valence-corrected chi connectivity index (χ2v) is 3.62. The molecule has 2 rings (SSSR count). The van der Waals surface area contributed by atoms with Gasteiger partial charge < -0.3 is 4.42 Å². The molecule has 86 valence electrons. The van der Waals surface area contributed by atoms with Crippen molar-refractivity contribution in [2.45, 2.75) is 6.92 Å². The summed E-state index contributed by atoms with van der Waals surface area (Å²) in [5.41, 5.74) is 1.11. The molecule has 0 aliphatic carbocycles. The molecule has 1 amide bonds. The Labute approximate surface area is 99.0 Å². The third-order valence-corrected chi connectivity index (χ3v) is 2.17. The Balaban J connectivity index is 1.95. The van der Waals surface area contributed by atoms with Crippen molar-refractivity contribution in [3.8, 4) is 0 Å². The molecule has 2 aromatic rings. The summed E-state index contributed by atoms with van der Waals surface area (Å²) in [4.78, 5) is 14.5. The van der Waals surface area contributed by atoms with Gasteiger partial charge in [-0.1, -0.05) is 0 Å². The van der Waals surface area contributed by atoms with E-state index in [0.717, 1.165) is 5.56 Å². The van der Waals surface area contributed by atoms with E-state index < -0.39 is 0 Å². The number of hydrogen-bond donors (Lipinski definition) is 1. The number of H-pyrrole nitrogens is 1. The van der Waals surface area contributed by atoms with Crippen molar-refractivity contribution in [2.24, 2.45) is 0 Å². The smallest absolute Gasteiger partial charge is 0.331 e. The molecule has 0 aliphatic rings. The van der Waals surface area contributed by atoms with Crippen LogP contribution in [-0.2, 0) is 4.79 Å². The van der Waals surface area contributed by atoms with Crippen LogP contribution in [0.5, 0.6) is 0 Å². The molecule has 0 unspecified atom stereocenters. The summed E-state index contributed by atoms with van der Waals surface area (Å²) in [6.07, 6.45) is 6.42. The highest BCUT2D eigenvalue weighted by Gasteiger charge is 2.05. The first-order valence-electron chi connectivity index (χ1n) is 5.25. The monoisotopic (exact) mass is 229 g/mol. The number of carbonyl (C=O) groups is 1. The second kappa shape index (κ2) is 5.12. The van der Waals surface area contributed by atoms with Crippen molar-refractivity contribution in [1.29, 1.82) is 0 Å². The summed E-state index contributed by atoms with van der Waals surface area (Å²) >= 11 is 0. The van der Waals surface area contributed by atoms with E-state index in [2.05, 4.69) is 10.3 Å². The van der Waals surface area contributed by atoms with E-state index in [1.807, 2.05) is 25.3 Å². The molecule has 0 fully saturated rings. The number of pyridine rings is 1. The zero-order chi connectivity index (χ0) is 12.1. The average Bonchev–Trinajstić information content (AvgIpc) is 2.83. The first-order valence-corrected chi connectivity index (χ1v) is 5.25. The highest BCUT2D eigenvalue weighted by molar-refractivity contribution is 6.00. The lowest BCUT2D eigenvalue weighted by Crippen LogP contribution is -2.17. The van der Waals surface area contributed by atoms with E-state index in [1.165, 1.54) is 6.08 Å². The summed E-state index contributed by atoms with van der Waals surface area (Å²) in [6.45, 7) is 1.97. The van der Waals surface area contributed by atoms with Gasteiger partial charge in [0.25, 0.3) is 5.82 Å². The van der Waals surface area contributed by atoms with Crippen molar-refractivity contribution >= 4 is 17.8 Å². The van der Waals surface area contributed by atoms with Crippen LogP contribution >= 0.6 is 0 Å². The Morgan fingerprint density at radius 2 is 2.29 bits per heavy atom. The molecule has 0 spiro atoms. The van der Waals surface area contributed by atoms with Gasteiger partial charge in [0.15, 0.2) is 0 Å². The number of anilines is 1. The Kier molecular flexibility index (Phi) is 3.35. The summed E-state index contributed by atoms with van der Waals surface area (Å²) in [5.74, 6) is 1.10. The van der Waals surface area contributed by atoms with Crippen LogP contribution in [0.2, 0.25) is 0 Å². The molecule has 4 nitrogen and oxygen atoms in total. The Morgan fingerprint density at radius 1 is 1.41 bits per heavy atom. The second-order valence-electron chi connectivity index (χ2n) is 3.62. The summed E-state index contributed by atoms with van der Waals surface area (Å²) in [5, 5.41) is 2.71. The number of furan rings is 1. The average molecular weight is 229 g/mol. The van der Waals surface area contributed by atoms with Crippen molar-refractivity contribution in [3.05, 3.63) is 54.1 Å². The molecule has 0 saturated heterocycles. The molecule has 0 aromatic carbocycles. The van der Waals surface area contributed by atoms with Gasteiger partial charge >= 0.3 is 5.91 Å². The van der Waals surface area contributed by atoms with Crippen LogP contribution in [0.3, 0.4) is 0 Å². The van der Waals surface area contributed by atoms with E-state index in [-0.39, 0.29) is 5.91 Å². The largest absolute Gasteiger partial charge is 0.465 e. The zero-order valence-electron chi connectivity index (χ0n) is 9.44. The van der Waals surface area contributed by atoms with Crippen LogP contribution in [0, 0.1) is 6.92 Å². The van der Waals surface area contributed by atoms with Gasteiger partial charge in [-0.15, -0.1) is 0 Å². The van der Waals surface area contributed by atoms with Crippen molar-refractivity contribution < 1.29 is 14.2 Å². The highest BCUT2D eigenvalue weighted by atomic mass is 16.3. The molecule has 4 heteroatoms. The lowest BCUT2D eigenvalue weighted by Gasteiger charge is -1.93. The Morgan fingerprint density at radius 3 is 2.94 bits per heavy atom. The van der Waals surface area contributed by atoms with E-state index in [4.69, 9.17) is 4.42 Å². The van der Waals surface area contributed by atoms with E-state index in [9.17, 15) is 4.79 Å². The SMILES string of the molecule is Cc1ccc(NC(=O)C=Cc2ccco2)[nH+]c1. The highest BCUT2D eigenvalue weighted by Crippen LogP contribution is 2.03. The summed E-state index contributed by atoms with van der Waals surface area (Å²) < 4.78 is 5.08. The Bertz CT molecular complexity index is 513. The van der Waals surface area contributed by atoms with Crippen molar-refractivity contribution in [3.63, 3.8) is 0 Å². The predicted octanol–water partition coefficient (Wildman–Crippen LogP) is 2.05. The van der Waals surface area contributed by atoms with Crippen LogP contribution in [0.25, 0.3) is 6.08 Å². The minimum atomic E-state index is -0.207. The number of rotatable bonds is 3. The van der Waals surface area contributed by atoms with Gasteiger partial charge in [-0.2, -0.15) is 0 Å². The fourth-order valence-corrected chi connectivity index (χ4v) is 1.30. The van der Waals surface area contributed by atoms with Gasteiger partial charge in [-0.05, 0) is 36.8 Å². The van der Waals surface area contributed by atoms with E-state index in [1.54, 1.807) is 24.5 Å². The van der Waals surface area contributed by atoms with Gasteiger partial charge in [0, 0.05) is 12.1 Å². The number of aryl methyl sites for hydroxylation is 1. The van der Waals surface area contributed by atoms with E-state index in [0.29, 0.717) is 11.6 Å². The normalized spacial score (nSPS) is 10.6. The van der Waals surface area contributed by atoms with Crippen LogP contribution in [0.4, 0.5) is 5.82 Å². The van der Waals surface area contributed by atoms with Gasteiger partial charge in [0.1, 0.15) is 5.76 Å². The summed E-state index contributed by atoms with van der Waals surface area (Å²) in [6, 6.07) is 7.28. The molecular weight excluding hydrogens is 216 g/mol. The van der Waals surface area contributed by atoms with Crippen LogP contribution in [0.1, 0.15) is 11.3 Å². The van der Waals surface area contributed by atoms with Crippen molar-refractivity contribution in [1.82, 2.24) is 0 Å². The third kappa shape index (κ3) is 3.31.